The van der Waals surface area contributed by atoms with Gasteiger partial charge in [0.1, 0.15) is 0 Å². The van der Waals surface area contributed by atoms with Gasteiger partial charge in [0.2, 0.25) is 0 Å². The molecule has 13 heavy (non-hydrogen) atoms. The van der Waals surface area contributed by atoms with Gasteiger partial charge in [-0.2, -0.15) is 0 Å². The monoisotopic (exact) mass is 177 g/mol. The van der Waals surface area contributed by atoms with Gasteiger partial charge >= 0.3 is 0 Å². The molecule has 0 bridgehead atoms. The molecule has 1 aliphatic heterocycles. The number of hydrazine groups is 1. The lowest BCUT2D eigenvalue weighted by atomic mass is 10.0. The van der Waals surface area contributed by atoms with Crippen LogP contribution in [0.3, 0.4) is 0 Å². The first-order valence-corrected chi connectivity index (χ1v) is 4.62. The molecule has 0 saturated carbocycles. The number of nitrogens with two attached hydrogens (primary N) is 2. The molecule has 0 radical (unpaired) electrons. The molecule has 0 atom stereocenters. The molecule has 3 heteroatoms. The molecule has 70 valence electrons. The van der Waals surface area contributed by atoms with Crippen LogP contribution < -0.4 is 11.6 Å². The second kappa shape index (κ2) is 3.36. The lowest BCUT2D eigenvalue weighted by molar-refractivity contribution is 0.298. The normalized spacial score (nSPS) is 17.9. The Labute approximate surface area is 78.3 Å². The van der Waals surface area contributed by atoms with E-state index in [9.17, 15) is 0 Å². The zero-order valence-corrected chi connectivity index (χ0v) is 7.66. The van der Waals surface area contributed by atoms with Gasteiger partial charge in [-0.15, -0.1) is 0 Å². The van der Waals surface area contributed by atoms with Crippen LogP contribution in [0.15, 0.2) is 18.2 Å². The van der Waals surface area contributed by atoms with Gasteiger partial charge in [0.25, 0.3) is 0 Å². The highest BCUT2D eigenvalue weighted by Gasteiger charge is 2.10. The quantitative estimate of drug-likeness (QED) is 0.449. The fraction of sp³-hybridized carbons (Fsp3) is 0.400. The topological polar surface area (TPSA) is 55.3 Å². The fourth-order valence-electron chi connectivity index (χ4n) is 1.76. The summed E-state index contributed by atoms with van der Waals surface area (Å²) in [7, 11) is 0. The van der Waals surface area contributed by atoms with Gasteiger partial charge in [0.05, 0.1) is 0 Å². The molecule has 4 N–H and O–H groups in total. The van der Waals surface area contributed by atoms with Crippen molar-refractivity contribution in [2.45, 2.75) is 12.8 Å². The van der Waals surface area contributed by atoms with Crippen LogP contribution in [0.4, 0.5) is 5.69 Å². The van der Waals surface area contributed by atoms with E-state index in [-0.39, 0.29) is 0 Å². The minimum Gasteiger partial charge on any atom is -0.399 e. The molecule has 3 nitrogen and oxygen atoms in total. The molecule has 0 spiro atoms. The molecule has 0 fully saturated rings. The minimum atomic E-state index is 0.851. The van der Waals surface area contributed by atoms with Crippen molar-refractivity contribution in [3.63, 3.8) is 0 Å². The van der Waals surface area contributed by atoms with E-state index in [1.165, 1.54) is 11.1 Å². The van der Waals surface area contributed by atoms with Crippen LogP contribution in [0.25, 0.3) is 0 Å². The van der Waals surface area contributed by atoms with Crippen LogP contribution in [0.2, 0.25) is 0 Å². The van der Waals surface area contributed by atoms with Crippen LogP contribution >= 0.6 is 0 Å². The largest absolute Gasteiger partial charge is 0.399 e. The second-order valence-corrected chi connectivity index (χ2v) is 3.56. The zero-order valence-electron chi connectivity index (χ0n) is 7.66. The van der Waals surface area contributed by atoms with Crippen LogP contribution in [0.1, 0.15) is 11.1 Å². The van der Waals surface area contributed by atoms with E-state index in [1.807, 2.05) is 11.1 Å². The summed E-state index contributed by atoms with van der Waals surface area (Å²) in [4.78, 5) is 0. The van der Waals surface area contributed by atoms with Crippen molar-refractivity contribution in [2.24, 2.45) is 5.84 Å². The van der Waals surface area contributed by atoms with Crippen molar-refractivity contribution < 1.29 is 0 Å². The van der Waals surface area contributed by atoms with E-state index in [1.54, 1.807) is 0 Å². The summed E-state index contributed by atoms with van der Waals surface area (Å²) in [5.74, 6) is 5.75. The Bertz CT molecular complexity index is 309. The summed E-state index contributed by atoms with van der Waals surface area (Å²) < 4.78 is 0. The summed E-state index contributed by atoms with van der Waals surface area (Å²) in [6.45, 7) is 1.87. The summed E-state index contributed by atoms with van der Waals surface area (Å²) in [5, 5.41) is 1.87. The maximum Gasteiger partial charge on any atom is 0.0316 e. The number of rotatable bonds is 0. The predicted octanol–water partition coefficient (Wildman–Crippen LogP) is 0.543. The van der Waals surface area contributed by atoms with E-state index >= 15 is 0 Å². The summed E-state index contributed by atoms with van der Waals surface area (Å²) in [6, 6.07) is 6.14. The molecule has 1 aliphatic rings. The number of hydrogen-bond donors (Lipinski definition) is 2. The molecule has 0 aromatic heterocycles. The Morgan fingerprint density at radius 3 is 2.54 bits per heavy atom. The minimum absolute atomic E-state index is 0.851. The Morgan fingerprint density at radius 2 is 1.77 bits per heavy atom. The van der Waals surface area contributed by atoms with Gasteiger partial charge in [0.15, 0.2) is 0 Å². The number of nitrogens with zero attached hydrogens (tertiary/aromatic N) is 1. The van der Waals surface area contributed by atoms with Crippen LogP contribution in [-0.4, -0.2) is 18.1 Å². The summed E-state index contributed by atoms with van der Waals surface area (Å²) >= 11 is 0. The Kier molecular flexibility index (Phi) is 2.20. The maximum atomic E-state index is 5.75. The average molecular weight is 177 g/mol. The standard InChI is InChI=1S/C10H15N3/c11-10-2-1-8-3-5-13(12)6-4-9(8)7-10/h1-2,7H,3-6,11-12H2. The third-order valence-corrected chi connectivity index (χ3v) is 2.57. The summed E-state index contributed by atoms with van der Waals surface area (Å²) in [6.07, 6.45) is 2.04. The molecule has 2 rings (SSSR count). The molecule has 0 saturated heterocycles. The SMILES string of the molecule is Nc1ccc2c(c1)CCN(N)CC2. The van der Waals surface area contributed by atoms with E-state index in [2.05, 4.69) is 12.1 Å². The van der Waals surface area contributed by atoms with Crippen molar-refractivity contribution in [2.75, 3.05) is 18.8 Å². The second-order valence-electron chi connectivity index (χ2n) is 3.56. The highest BCUT2D eigenvalue weighted by Crippen LogP contribution is 2.17. The fourth-order valence-corrected chi connectivity index (χ4v) is 1.76. The van der Waals surface area contributed by atoms with Gasteiger partial charge in [-0.05, 0) is 36.1 Å². The average Bonchev–Trinajstić information content (AvgIpc) is 2.29. The van der Waals surface area contributed by atoms with Crippen molar-refractivity contribution in [3.05, 3.63) is 29.3 Å². The first kappa shape index (κ1) is 8.53. The van der Waals surface area contributed by atoms with Gasteiger partial charge in [0, 0.05) is 18.8 Å². The van der Waals surface area contributed by atoms with E-state index in [0.29, 0.717) is 0 Å². The van der Waals surface area contributed by atoms with Crippen molar-refractivity contribution in [3.8, 4) is 0 Å². The first-order chi connectivity index (χ1) is 6.25. The number of benzene rings is 1. The molecule has 0 amide bonds. The van der Waals surface area contributed by atoms with Gasteiger partial charge < -0.3 is 5.73 Å². The number of fused-ring (bicyclic) bond motifs is 1. The van der Waals surface area contributed by atoms with Crippen LogP contribution in [0.5, 0.6) is 0 Å². The van der Waals surface area contributed by atoms with Gasteiger partial charge in [-0.1, -0.05) is 6.07 Å². The molecule has 1 heterocycles. The van der Waals surface area contributed by atoms with Gasteiger partial charge in [-0.3, -0.25) is 5.84 Å². The smallest absolute Gasteiger partial charge is 0.0316 e. The Hall–Kier alpha value is -1.06. The molecule has 0 unspecified atom stereocenters. The highest BCUT2D eigenvalue weighted by molar-refractivity contribution is 5.45. The highest BCUT2D eigenvalue weighted by atomic mass is 15.4. The number of anilines is 1. The van der Waals surface area contributed by atoms with Crippen LogP contribution in [-0.2, 0) is 12.8 Å². The molecular formula is C10H15N3. The number of nitrogen functional groups attached to an aromatic ring is 1. The maximum absolute atomic E-state index is 5.75. The third-order valence-electron chi connectivity index (χ3n) is 2.57. The van der Waals surface area contributed by atoms with Crippen molar-refractivity contribution in [1.82, 2.24) is 5.01 Å². The van der Waals surface area contributed by atoms with Crippen LogP contribution in [0, 0.1) is 0 Å². The predicted molar refractivity (Wildman–Crippen MR) is 54.0 cm³/mol. The van der Waals surface area contributed by atoms with Crippen molar-refractivity contribution in [1.29, 1.82) is 0 Å². The molecule has 1 aromatic carbocycles. The number of hydrogen-bond acceptors (Lipinski definition) is 3. The lowest BCUT2D eigenvalue weighted by Crippen LogP contribution is -2.33. The first-order valence-electron chi connectivity index (χ1n) is 4.62. The van der Waals surface area contributed by atoms with E-state index < -0.39 is 0 Å². The van der Waals surface area contributed by atoms with Crippen molar-refractivity contribution >= 4 is 5.69 Å². The Balaban J connectivity index is 2.30. The zero-order chi connectivity index (χ0) is 9.26. The third kappa shape index (κ3) is 1.82. The molecule has 0 aliphatic carbocycles. The molecule has 1 aromatic rings. The van der Waals surface area contributed by atoms with E-state index in [4.69, 9.17) is 11.6 Å². The Morgan fingerprint density at radius 1 is 1.08 bits per heavy atom. The van der Waals surface area contributed by atoms with E-state index in [0.717, 1.165) is 31.6 Å². The molecular weight excluding hydrogens is 162 g/mol. The lowest BCUT2D eigenvalue weighted by Gasteiger charge is -2.10. The summed E-state index contributed by atoms with van der Waals surface area (Å²) in [5.41, 5.74) is 9.32. The van der Waals surface area contributed by atoms with Gasteiger partial charge in [-0.25, -0.2) is 5.01 Å².